The van der Waals surface area contributed by atoms with Crippen LogP contribution in [-0.2, 0) is 17.8 Å². The van der Waals surface area contributed by atoms with E-state index in [-0.39, 0.29) is 5.91 Å². The summed E-state index contributed by atoms with van der Waals surface area (Å²) in [4.78, 5) is 30.5. The minimum Gasteiger partial charge on any atom is -0.465 e. The highest BCUT2D eigenvalue weighted by atomic mass is 16.5. The molecule has 0 radical (unpaired) electrons. The lowest BCUT2D eigenvalue weighted by atomic mass is 9.88. The first kappa shape index (κ1) is 21.8. The second-order valence-corrected chi connectivity index (χ2v) is 8.06. The zero-order chi connectivity index (χ0) is 22.5. The molecule has 3 aromatic rings. The minimum atomic E-state index is -1.03. The Kier molecular flexibility index (Phi) is 6.70. The minimum absolute atomic E-state index is 0.0250. The maximum absolute atomic E-state index is 13.4. The van der Waals surface area contributed by atoms with E-state index in [0.717, 1.165) is 29.4 Å². The third-order valence-electron chi connectivity index (χ3n) is 6.04. The van der Waals surface area contributed by atoms with E-state index in [9.17, 15) is 9.59 Å². The number of likely N-dealkylation sites (tertiary alicyclic amines) is 1. The number of piperidine rings is 1. The number of ether oxygens (including phenoxy) is 1. The van der Waals surface area contributed by atoms with E-state index in [1.165, 1.54) is 5.56 Å². The third-order valence-corrected chi connectivity index (χ3v) is 6.04. The number of carboxylic acid groups (broad SMARTS) is 1. The Balaban J connectivity index is 1.45. The molecular formula is C24H28N4O4. The van der Waals surface area contributed by atoms with Crippen molar-refractivity contribution >= 4 is 23.0 Å². The molecule has 2 N–H and O–H groups in total. The second-order valence-electron chi connectivity index (χ2n) is 8.06. The lowest BCUT2D eigenvalue weighted by molar-refractivity contribution is 0.0700. The summed E-state index contributed by atoms with van der Waals surface area (Å²) < 4.78 is 7.19. The molecule has 0 unspecified atom stereocenters. The van der Waals surface area contributed by atoms with E-state index >= 15 is 0 Å². The van der Waals surface area contributed by atoms with Gasteiger partial charge in [-0.15, -0.1) is 0 Å². The van der Waals surface area contributed by atoms with Crippen LogP contribution in [0.4, 0.5) is 4.79 Å². The summed E-state index contributed by atoms with van der Waals surface area (Å²) in [6.45, 7) is 2.74. The smallest absolute Gasteiger partial charge is 0.404 e. The van der Waals surface area contributed by atoms with Crippen molar-refractivity contribution in [2.45, 2.75) is 31.8 Å². The van der Waals surface area contributed by atoms with Gasteiger partial charge >= 0.3 is 6.09 Å². The number of benzene rings is 1. The van der Waals surface area contributed by atoms with Crippen LogP contribution in [0.1, 0.15) is 40.4 Å². The molecule has 1 aromatic carbocycles. The number of rotatable bonds is 7. The fourth-order valence-electron chi connectivity index (χ4n) is 4.39. The van der Waals surface area contributed by atoms with Crippen molar-refractivity contribution in [1.82, 2.24) is 19.8 Å². The fourth-order valence-corrected chi connectivity index (χ4v) is 4.39. The average molecular weight is 437 g/mol. The van der Waals surface area contributed by atoms with Gasteiger partial charge in [-0.2, -0.15) is 0 Å². The van der Waals surface area contributed by atoms with Crippen molar-refractivity contribution in [3.05, 3.63) is 65.5 Å². The molecule has 3 heterocycles. The highest BCUT2D eigenvalue weighted by Gasteiger charge is 2.27. The second kappa shape index (κ2) is 9.82. The first-order valence-corrected chi connectivity index (χ1v) is 10.8. The van der Waals surface area contributed by atoms with Gasteiger partial charge in [0.15, 0.2) is 0 Å². The lowest BCUT2D eigenvalue weighted by Crippen LogP contribution is -2.39. The van der Waals surface area contributed by atoms with Gasteiger partial charge in [0.2, 0.25) is 0 Å². The number of fused-ring (bicyclic) bond motifs is 1. The Bertz CT molecular complexity index is 1100. The Hall–Kier alpha value is -3.39. The van der Waals surface area contributed by atoms with Gasteiger partial charge in [0.1, 0.15) is 11.3 Å². The lowest BCUT2D eigenvalue weighted by Gasteiger charge is -2.32. The molecule has 1 aliphatic heterocycles. The number of methoxy groups -OCH3 is 1. The monoisotopic (exact) mass is 436 g/mol. The van der Waals surface area contributed by atoms with Crippen LogP contribution in [0.15, 0.2) is 48.7 Å². The number of nitrogens with zero attached hydrogens (tertiary/aromatic N) is 3. The van der Waals surface area contributed by atoms with E-state index in [0.29, 0.717) is 44.4 Å². The largest absolute Gasteiger partial charge is 0.465 e. The van der Waals surface area contributed by atoms with Gasteiger partial charge in [-0.1, -0.05) is 24.3 Å². The third kappa shape index (κ3) is 4.75. The van der Waals surface area contributed by atoms with Gasteiger partial charge in [0.25, 0.3) is 5.91 Å². The van der Waals surface area contributed by atoms with Crippen LogP contribution in [-0.4, -0.2) is 58.4 Å². The molecule has 0 spiro atoms. The summed E-state index contributed by atoms with van der Waals surface area (Å²) in [6.07, 6.45) is 2.46. The number of hydrogen-bond acceptors (Lipinski definition) is 4. The Labute approximate surface area is 186 Å². The van der Waals surface area contributed by atoms with E-state index in [2.05, 4.69) is 22.4 Å². The van der Waals surface area contributed by atoms with Crippen molar-refractivity contribution < 1.29 is 19.4 Å². The average Bonchev–Trinajstić information content (AvgIpc) is 3.19. The van der Waals surface area contributed by atoms with E-state index in [1.54, 1.807) is 13.3 Å². The molecule has 1 fully saturated rings. The number of hydrogen-bond donors (Lipinski definition) is 2. The molecule has 2 amide bonds. The molecule has 1 saturated heterocycles. The van der Waals surface area contributed by atoms with Crippen LogP contribution < -0.4 is 5.32 Å². The first-order valence-electron chi connectivity index (χ1n) is 10.8. The molecule has 2 aromatic heterocycles. The van der Waals surface area contributed by atoms with Crippen molar-refractivity contribution in [3.8, 4) is 0 Å². The number of nitrogens with one attached hydrogen (secondary N) is 1. The summed E-state index contributed by atoms with van der Waals surface area (Å²) in [6, 6.07) is 13.8. The van der Waals surface area contributed by atoms with Crippen molar-refractivity contribution in [3.63, 3.8) is 0 Å². The number of pyridine rings is 1. The Morgan fingerprint density at radius 3 is 2.75 bits per heavy atom. The standard InChI is InChI=1S/C24H28N4O4/c1-32-13-12-28-21(15-20-6-3-9-25-22(20)28)23(29)27-10-7-18(8-11-27)19-5-2-4-17(14-19)16-26-24(30)31/h2-6,9,14-15,18,26H,7-8,10-13,16H2,1H3,(H,30,31). The molecule has 32 heavy (non-hydrogen) atoms. The van der Waals surface area contributed by atoms with Gasteiger partial charge in [-0.05, 0) is 48.1 Å². The summed E-state index contributed by atoms with van der Waals surface area (Å²) in [7, 11) is 1.65. The van der Waals surface area contributed by atoms with Gasteiger partial charge in [0.05, 0.1) is 6.61 Å². The van der Waals surface area contributed by atoms with Crippen molar-refractivity contribution in [2.75, 3.05) is 26.8 Å². The van der Waals surface area contributed by atoms with Gasteiger partial charge in [-0.25, -0.2) is 9.78 Å². The van der Waals surface area contributed by atoms with Crippen LogP contribution in [0, 0.1) is 0 Å². The van der Waals surface area contributed by atoms with Crippen LogP contribution in [0.25, 0.3) is 11.0 Å². The molecule has 168 valence electrons. The van der Waals surface area contributed by atoms with Gasteiger partial charge < -0.3 is 24.6 Å². The number of aromatic nitrogens is 2. The predicted octanol–water partition coefficient (Wildman–Crippen LogP) is 3.47. The van der Waals surface area contributed by atoms with E-state index < -0.39 is 6.09 Å². The Morgan fingerprint density at radius 2 is 2.00 bits per heavy atom. The molecule has 0 aliphatic carbocycles. The summed E-state index contributed by atoms with van der Waals surface area (Å²) in [5.41, 5.74) is 3.59. The van der Waals surface area contributed by atoms with Crippen LogP contribution in [0.2, 0.25) is 0 Å². The molecular weight excluding hydrogens is 408 g/mol. The highest BCUT2D eigenvalue weighted by Crippen LogP contribution is 2.30. The van der Waals surface area contributed by atoms with Crippen LogP contribution >= 0.6 is 0 Å². The fraction of sp³-hybridized carbons (Fsp3) is 0.375. The molecule has 8 nitrogen and oxygen atoms in total. The van der Waals surface area contributed by atoms with Crippen molar-refractivity contribution in [1.29, 1.82) is 0 Å². The van der Waals surface area contributed by atoms with Gasteiger partial charge in [-0.3, -0.25) is 4.79 Å². The zero-order valence-electron chi connectivity index (χ0n) is 18.2. The summed E-state index contributed by atoms with van der Waals surface area (Å²) in [5.74, 6) is 0.377. The molecule has 8 heteroatoms. The van der Waals surface area contributed by atoms with E-state index in [4.69, 9.17) is 9.84 Å². The highest BCUT2D eigenvalue weighted by molar-refractivity contribution is 5.98. The summed E-state index contributed by atoms with van der Waals surface area (Å²) in [5, 5.41) is 12.2. The van der Waals surface area contributed by atoms with Crippen LogP contribution in [0.5, 0.6) is 0 Å². The topological polar surface area (TPSA) is 96.7 Å². The molecule has 1 aliphatic rings. The number of amides is 2. The van der Waals surface area contributed by atoms with Crippen LogP contribution in [0.3, 0.4) is 0 Å². The quantitative estimate of drug-likeness (QED) is 0.591. The molecule has 0 saturated carbocycles. The van der Waals surface area contributed by atoms with Gasteiger partial charge in [0, 0.05) is 44.9 Å². The van der Waals surface area contributed by atoms with E-state index in [1.807, 2.05) is 39.8 Å². The molecule has 0 atom stereocenters. The Morgan fingerprint density at radius 1 is 1.19 bits per heavy atom. The number of carbonyl (C=O) groups is 2. The molecule has 0 bridgehead atoms. The first-order chi connectivity index (χ1) is 15.6. The maximum Gasteiger partial charge on any atom is 0.404 e. The zero-order valence-corrected chi connectivity index (χ0v) is 18.2. The molecule has 4 rings (SSSR count). The normalized spacial score (nSPS) is 14.6. The van der Waals surface area contributed by atoms with Crippen molar-refractivity contribution in [2.24, 2.45) is 0 Å². The number of carbonyl (C=O) groups excluding carboxylic acids is 1. The SMILES string of the molecule is COCCn1c(C(=O)N2CCC(c3cccc(CNC(=O)O)c3)CC2)cc2cccnc21. The maximum atomic E-state index is 13.4. The summed E-state index contributed by atoms with van der Waals surface area (Å²) >= 11 is 0. The predicted molar refractivity (Wildman–Crippen MR) is 121 cm³/mol.